The first-order chi connectivity index (χ1) is 15.2. The Kier molecular flexibility index (Phi) is 7.37. The molecular weight excluding hydrogens is 455 g/mol. The van der Waals surface area contributed by atoms with E-state index >= 15 is 0 Å². The summed E-state index contributed by atoms with van der Waals surface area (Å²) >= 11 is 6.12. The van der Waals surface area contributed by atoms with Crippen molar-refractivity contribution in [2.75, 3.05) is 18.0 Å². The van der Waals surface area contributed by atoms with Crippen molar-refractivity contribution in [3.05, 3.63) is 89.2 Å². The van der Waals surface area contributed by atoms with Gasteiger partial charge < -0.3 is 10.1 Å². The maximum absolute atomic E-state index is 13.4. The van der Waals surface area contributed by atoms with Crippen molar-refractivity contribution in [1.29, 1.82) is 0 Å². The fourth-order valence-corrected chi connectivity index (χ4v) is 4.74. The minimum absolute atomic E-state index is 0.0152. The summed E-state index contributed by atoms with van der Waals surface area (Å²) in [5.41, 5.74) is 0.811. The number of amides is 1. The minimum Gasteiger partial charge on any atom is -0.495 e. The second-order valence-electron chi connectivity index (χ2n) is 6.98. The predicted molar refractivity (Wildman–Crippen MR) is 122 cm³/mol. The molecule has 168 valence electrons. The molecule has 9 heteroatoms. The number of hydrogen-bond acceptors (Lipinski definition) is 4. The summed E-state index contributed by atoms with van der Waals surface area (Å²) in [4.78, 5) is 12.9. The Hall–Kier alpha value is -3.10. The Bertz CT molecular complexity index is 1190. The third-order valence-corrected chi connectivity index (χ3v) is 6.78. The van der Waals surface area contributed by atoms with Crippen LogP contribution in [0.15, 0.2) is 77.7 Å². The molecule has 0 radical (unpaired) electrons. The lowest BCUT2D eigenvalue weighted by molar-refractivity contribution is -0.120. The highest BCUT2D eigenvalue weighted by Gasteiger charge is 2.30. The first kappa shape index (κ1) is 23.6. The van der Waals surface area contributed by atoms with Crippen LogP contribution in [0.4, 0.5) is 10.1 Å². The third kappa shape index (κ3) is 5.38. The Morgan fingerprint density at radius 1 is 1.09 bits per heavy atom. The van der Waals surface area contributed by atoms with Gasteiger partial charge in [0.15, 0.2) is 0 Å². The lowest BCUT2D eigenvalue weighted by atomic mass is 10.1. The Morgan fingerprint density at radius 3 is 2.38 bits per heavy atom. The smallest absolute Gasteiger partial charge is 0.264 e. The highest BCUT2D eigenvalue weighted by Crippen LogP contribution is 2.34. The average molecular weight is 477 g/mol. The molecule has 0 heterocycles. The highest BCUT2D eigenvalue weighted by molar-refractivity contribution is 7.92. The number of hydrogen-bond donors (Lipinski definition) is 1. The molecule has 0 aliphatic heterocycles. The van der Waals surface area contributed by atoms with Crippen LogP contribution in [0.2, 0.25) is 5.02 Å². The number of anilines is 1. The molecular formula is C23H22ClFN2O4S. The van der Waals surface area contributed by atoms with E-state index in [1.165, 1.54) is 43.5 Å². The van der Waals surface area contributed by atoms with Gasteiger partial charge in [-0.2, -0.15) is 0 Å². The maximum atomic E-state index is 13.4. The van der Waals surface area contributed by atoms with Crippen molar-refractivity contribution in [1.82, 2.24) is 5.32 Å². The number of methoxy groups -OCH3 is 1. The molecule has 0 aliphatic rings. The van der Waals surface area contributed by atoms with Crippen molar-refractivity contribution < 1.29 is 22.3 Å². The van der Waals surface area contributed by atoms with Crippen LogP contribution in [0.25, 0.3) is 0 Å². The molecule has 0 spiro atoms. The Balaban J connectivity index is 1.95. The molecule has 1 amide bonds. The standard InChI is InChI=1S/C23H22ClFN2O4S/c1-16(17-8-11-19(25)12-9-17)26-23(28)15-27(21-14-18(24)10-13-22(21)31-2)32(29,30)20-6-4-3-5-7-20/h3-14,16H,15H2,1-2H3,(H,26,28)/t16-/m1/s1. The second-order valence-corrected chi connectivity index (χ2v) is 9.28. The van der Waals surface area contributed by atoms with E-state index in [0.29, 0.717) is 5.56 Å². The van der Waals surface area contributed by atoms with Crippen LogP contribution in [-0.4, -0.2) is 28.0 Å². The van der Waals surface area contributed by atoms with E-state index in [1.54, 1.807) is 43.3 Å². The number of ether oxygens (including phenoxy) is 1. The number of sulfonamides is 1. The SMILES string of the molecule is COc1ccc(Cl)cc1N(CC(=O)N[C@H](C)c1ccc(F)cc1)S(=O)(=O)c1ccccc1. The lowest BCUT2D eigenvalue weighted by Gasteiger charge is -2.26. The molecule has 3 aromatic carbocycles. The number of nitrogens with one attached hydrogen (secondary N) is 1. The van der Waals surface area contributed by atoms with Gasteiger partial charge in [-0.25, -0.2) is 12.8 Å². The Morgan fingerprint density at radius 2 is 1.75 bits per heavy atom. The third-order valence-electron chi connectivity index (χ3n) is 4.78. The van der Waals surface area contributed by atoms with Crippen LogP contribution in [0.3, 0.4) is 0 Å². The van der Waals surface area contributed by atoms with Gasteiger partial charge in [0, 0.05) is 5.02 Å². The van der Waals surface area contributed by atoms with Crippen LogP contribution in [0, 0.1) is 5.82 Å². The van der Waals surface area contributed by atoms with Gasteiger partial charge in [0.05, 0.1) is 23.7 Å². The van der Waals surface area contributed by atoms with Crippen molar-refractivity contribution >= 4 is 33.2 Å². The number of carbonyl (C=O) groups is 1. The predicted octanol–water partition coefficient (Wildman–Crippen LogP) is 4.56. The first-order valence-corrected chi connectivity index (χ1v) is 11.5. The van der Waals surface area contributed by atoms with Crippen molar-refractivity contribution in [3.63, 3.8) is 0 Å². The van der Waals surface area contributed by atoms with Gasteiger partial charge in [-0.3, -0.25) is 9.10 Å². The largest absolute Gasteiger partial charge is 0.495 e. The van der Waals surface area contributed by atoms with Gasteiger partial charge in [-0.15, -0.1) is 0 Å². The van der Waals surface area contributed by atoms with Crippen molar-refractivity contribution in [2.45, 2.75) is 17.9 Å². The van der Waals surface area contributed by atoms with E-state index < -0.39 is 28.5 Å². The van der Waals surface area contributed by atoms with E-state index in [1.807, 2.05) is 0 Å². The van der Waals surface area contributed by atoms with Crippen molar-refractivity contribution in [3.8, 4) is 5.75 Å². The van der Waals surface area contributed by atoms with Gasteiger partial charge in [-0.05, 0) is 55.0 Å². The summed E-state index contributed by atoms with van der Waals surface area (Å²) < 4.78 is 46.4. The zero-order valence-corrected chi connectivity index (χ0v) is 19.0. The molecule has 1 atom stereocenters. The molecule has 0 saturated carbocycles. The summed E-state index contributed by atoms with van der Waals surface area (Å²) in [6, 6.07) is 17.5. The molecule has 0 fully saturated rings. The van der Waals surface area contributed by atoms with Crippen LogP contribution in [-0.2, 0) is 14.8 Å². The molecule has 1 N–H and O–H groups in total. The van der Waals surface area contributed by atoms with Crippen LogP contribution in [0.5, 0.6) is 5.75 Å². The molecule has 32 heavy (non-hydrogen) atoms. The molecule has 0 aromatic heterocycles. The normalized spacial score (nSPS) is 12.1. The topological polar surface area (TPSA) is 75.7 Å². The number of carbonyl (C=O) groups excluding carboxylic acids is 1. The summed E-state index contributed by atoms with van der Waals surface area (Å²) in [5.74, 6) is -0.697. The van der Waals surface area contributed by atoms with E-state index in [0.717, 1.165) is 4.31 Å². The summed E-state index contributed by atoms with van der Waals surface area (Å²) in [6.45, 7) is 1.21. The molecule has 0 bridgehead atoms. The van der Waals surface area contributed by atoms with E-state index in [4.69, 9.17) is 16.3 Å². The molecule has 3 aromatic rings. The quantitative estimate of drug-likeness (QED) is 0.517. The second kappa shape index (κ2) is 10.0. The van der Waals surface area contributed by atoms with Gasteiger partial charge >= 0.3 is 0 Å². The van der Waals surface area contributed by atoms with Gasteiger partial charge in [0.2, 0.25) is 5.91 Å². The average Bonchev–Trinajstić information content (AvgIpc) is 2.78. The summed E-state index contributed by atoms with van der Waals surface area (Å²) in [7, 11) is -2.72. The number of benzene rings is 3. The molecule has 0 unspecified atom stereocenters. The number of halogens is 2. The van der Waals surface area contributed by atoms with Crippen molar-refractivity contribution in [2.24, 2.45) is 0 Å². The van der Waals surface area contributed by atoms with Gasteiger partial charge in [0.1, 0.15) is 18.1 Å². The fourth-order valence-electron chi connectivity index (χ4n) is 3.13. The maximum Gasteiger partial charge on any atom is 0.264 e. The molecule has 0 aliphatic carbocycles. The number of nitrogens with zero attached hydrogens (tertiary/aromatic N) is 1. The lowest BCUT2D eigenvalue weighted by Crippen LogP contribution is -2.41. The number of rotatable bonds is 8. The summed E-state index contributed by atoms with van der Waals surface area (Å²) in [5, 5.41) is 3.04. The minimum atomic E-state index is -4.12. The van der Waals surface area contributed by atoms with Gasteiger partial charge in [-0.1, -0.05) is 41.9 Å². The van der Waals surface area contributed by atoms with E-state index in [-0.39, 0.29) is 27.2 Å². The van der Waals surface area contributed by atoms with Gasteiger partial charge in [0.25, 0.3) is 10.0 Å². The molecule has 0 saturated heterocycles. The Labute approximate surface area is 191 Å². The van der Waals surface area contributed by atoms with Crippen LogP contribution in [0.1, 0.15) is 18.5 Å². The molecule has 3 rings (SSSR count). The van der Waals surface area contributed by atoms with Crippen LogP contribution >= 0.6 is 11.6 Å². The fraction of sp³-hybridized carbons (Fsp3) is 0.174. The highest BCUT2D eigenvalue weighted by atomic mass is 35.5. The molecule has 6 nitrogen and oxygen atoms in total. The monoisotopic (exact) mass is 476 g/mol. The summed E-state index contributed by atoms with van der Waals surface area (Å²) in [6.07, 6.45) is 0. The first-order valence-electron chi connectivity index (χ1n) is 9.68. The zero-order chi connectivity index (χ0) is 23.3. The van der Waals surface area contributed by atoms with E-state index in [9.17, 15) is 17.6 Å². The van der Waals surface area contributed by atoms with Crippen LogP contribution < -0.4 is 14.4 Å². The van der Waals surface area contributed by atoms with E-state index in [2.05, 4.69) is 5.32 Å². The zero-order valence-electron chi connectivity index (χ0n) is 17.5.